The Kier molecular flexibility index (Phi) is 7.25. The quantitative estimate of drug-likeness (QED) is 0.733. The van der Waals surface area contributed by atoms with E-state index in [9.17, 15) is 4.79 Å². The van der Waals surface area contributed by atoms with Gasteiger partial charge in [0.25, 0.3) is 0 Å². The van der Waals surface area contributed by atoms with Crippen LogP contribution in [0.1, 0.15) is 29.3 Å². The molecule has 0 radical (unpaired) electrons. The number of rotatable bonds is 7. The van der Waals surface area contributed by atoms with Crippen molar-refractivity contribution in [2.24, 2.45) is 0 Å². The fourth-order valence-corrected chi connectivity index (χ4v) is 5.10. The van der Waals surface area contributed by atoms with Gasteiger partial charge >= 0.3 is 6.03 Å². The lowest BCUT2D eigenvalue weighted by atomic mass is 10.2. The van der Waals surface area contributed by atoms with Crippen LogP contribution in [-0.4, -0.2) is 68.8 Å². The van der Waals surface area contributed by atoms with Gasteiger partial charge < -0.3 is 19.9 Å². The SMILES string of the molecule is CN(Cc1ccc(N2CCOCC2)cc1)C(=O)NCC(c1cccs1)N1CCCC1. The highest BCUT2D eigenvalue weighted by Crippen LogP contribution is 2.28. The van der Waals surface area contributed by atoms with Crippen LogP contribution < -0.4 is 10.2 Å². The van der Waals surface area contributed by atoms with E-state index in [1.54, 1.807) is 16.2 Å². The predicted molar refractivity (Wildman–Crippen MR) is 122 cm³/mol. The third kappa shape index (κ3) is 5.33. The maximum absolute atomic E-state index is 12.7. The first-order chi connectivity index (χ1) is 14.7. The summed E-state index contributed by atoms with van der Waals surface area (Å²) in [7, 11) is 1.86. The van der Waals surface area contributed by atoms with Crippen LogP contribution in [0.5, 0.6) is 0 Å². The second-order valence-corrected chi connectivity index (χ2v) is 9.06. The van der Waals surface area contributed by atoms with Gasteiger partial charge in [0.15, 0.2) is 0 Å². The van der Waals surface area contributed by atoms with Crippen molar-refractivity contribution in [2.75, 3.05) is 57.9 Å². The third-order valence-corrected chi connectivity index (χ3v) is 6.95. The number of nitrogens with one attached hydrogen (secondary N) is 1. The largest absolute Gasteiger partial charge is 0.378 e. The predicted octanol–water partition coefficient (Wildman–Crippen LogP) is 3.56. The highest BCUT2D eigenvalue weighted by molar-refractivity contribution is 7.10. The number of ether oxygens (including phenoxy) is 1. The topological polar surface area (TPSA) is 48.1 Å². The molecule has 162 valence electrons. The summed E-state index contributed by atoms with van der Waals surface area (Å²) in [6.45, 7) is 6.92. The van der Waals surface area contributed by atoms with E-state index in [0.717, 1.165) is 45.0 Å². The molecule has 4 rings (SSSR count). The number of carbonyl (C=O) groups excluding carboxylic acids is 1. The number of carbonyl (C=O) groups is 1. The Labute approximate surface area is 183 Å². The Morgan fingerprint density at radius 3 is 2.53 bits per heavy atom. The Morgan fingerprint density at radius 2 is 1.87 bits per heavy atom. The molecule has 3 heterocycles. The number of nitrogens with zero attached hydrogens (tertiary/aromatic N) is 3. The lowest BCUT2D eigenvalue weighted by molar-refractivity contribution is 0.122. The van der Waals surface area contributed by atoms with Crippen LogP contribution in [-0.2, 0) is 11.3 Å². The summed E-state index contributed by atoms with van der Waals surface area (Å²) in [5.74, 6) is 0. The van der Waals surface area contributed by atoms with Crippen molar-refractivity contribution in [3.8, 4) is 0 Å². The summed E-state index contributed by atoms with van der Waals surface area (Å²) in [5.41, 5.74) is 2.36. The zero-order chi connectivity index (χ0) is 20.8. The second-order valence-electron chi connectivity index (χ2n) is 8.08. The molecule has 0 spiro atoms. The number of hydrogen-bond acceptors (Lipinski definition) is 5. The van der Waals surface area contributed by atoms with Crippen molar-refractivity contribution in [3.63, 3.8) is 0 Å². The minimum Gasteiger partial charge on any atom is -0.378 e. The molecule has 0 saturated carbocycles. The van der Waals surface area contributed by atoms with Gasteiger partial charge in [0.2, 0.25) is 0 Å². The van der Waals surface area contributed by atoms with Gasteiger partial charge in [-0.05, 0) is 55.1 Å². The first-order valence-corrected chi connectivity index (χ1v) is 11.8. The van der Waals surface area contributed by atoms with Crippen LogP contribution in [0.4, 0.5) is 10.5 Å². The lowest BCUT2D eigenvalue weighted by Crippen LogP contribution is -2.42. The molecule has 2 aliphatic rings. The number of benzene rings is 1. The van der Waals surface area contributed by atoms with Crippen molar-refractivity contribution < 1.29 is 9.53 Å². The van der Waals surface area contributed by atoms with Crippen molar-refractivity contribution in [2.45, 2.75) is 25.4 Å². The van der Waals surface area contributed by atoms with Crippen molar-refractivity contribution in [3.05, 3.63) is 52.2 Å². The van der Waals surface area contributed by atoms with E-state index in [1.165, 1.54) is 23.4 Å². The molecule has 1 N–H and O–H groups in total. The van der Waals surface area contributed by atoms with Crippen LogP contribution in [0, 0.1) is 0 Å². The van der Waals surface area contributed by atoms with Gasteiger partial charge in [-0.1, -0.05) is 18.2 Å². The van der Waals surface area contributed by atoms with Crippen LogP contribution in [0.3, 0.4) is 0 Å². The van der Waals surface area contributed by atoms with Gasteiger partial charge in [-0.25, -0.2) is 4.79 Å². The molecular weight excluding hydrogens is 396 g/mol. The summed E-state index contributed by atoms with van der Waals surface area (Å²) in [5, 5.41) is 5.28. The Hall–Kier alpha value is -2.09. The van der Waals surface area contributed by atoms with Crippen LogP contribution in [0.25, 0.3) is 0 Å². The second kappa shape index (κ2) is 10.3. The molecule has 2 fully saturated rings. The number of urea groups is 1. The normalized spacial score (nSPS) is 18.4. The summed E-state index contributed by atoms with van der Waals surface area (Å²) < 4.78 is 5.42. The zero-order valence-corrected chi connectivity index (χ0v) is 18.6. The molecule has 2 aliphatic heterocycles. The van der Waals surface area contributed by atoms with Gasteiger partial charge in [0, 0.05) is 43.8 Å². The Bertz CT molecular complexity index is 784. The van der Waals surface area contributed by atoms with Crippen molar-refractivity contribution in [1.29, 1.82) is 0 Å². The van der Waals surface area contributed by atoms with E-state index < -0.39 is 0 Å². The van der Waals surface area contributed by atoms with E-state index >= 15 is 0 Å². The van der Waals surface area contributed by atoms with E-state index in [2.05, 4.69) is 56.9 Å². The summed E-state index contributed by atoms with van der Waals surface area (Å²) in [6, 6.07) is 13.1. The van der Waals surface area contributed by atoms with Gasteiger partial charge in [-0.15, -0.1) is 11.3 Å². The molecule has 1 aromatic heterocycles. The first kappa shape index (κ1) is 21.2. The van der Waals surface area contributed by atoms with Gasteiger partial charge in [-0.3, -0.25) is 4.90 Å². The number of amides is 2. The molecule has 2 saturated heterocycles. The minimum atomic E-state index is -0.0204. The summed E-state index contributed by atoms with van der Waals surface area (Å²) in [6.07, 6.45) is 2.49. The van der Waals surface area contributed by atoms with Crippen LogP contribution in [0.15, 0.2) is 41.8 Å². The molecular formula is C23H32N4O2S. The number of anilines is 1. The zero-order valence-electron chi connectivity index (χ0n) is 17.8. The Morgan fingerprint density at radius 1 is 1.13 bits per heavy atom. The number of hydrogen-bond donors (Lipinski definition) is 1. The fraction of sp³-hybridized carbons (Fsp3) is 0.522. The minimum absolute atomic E-state index is 0.0204. The van der Waals surface area contributed by atoms with Crippen molar-refractivity contribution >= 4 is 23.1 Å². The molecule has 1 unspecified atom stereocenters. The van der Waals surface area contributed by atoms with Crippen LogP contribution >= 0.6 is 11.3 Å². The van der Waals surface area contributed by atoms with Gasteiger partial charge in [0.1, 0.15) is 0 Å². The summed E-state index contributed by atoms with van der Waals surface area (Å²) in [4.78, 5) is 20.7. The molecule has 2 aromatic rings. The van der Waals surface area contributed by atoms with Gasteiger partial charge in [-0.2, -0.15) is 0 Å². The number of thiophene rings is 1. The highest BCUT2D eigenvalue weighted by atomic mass is 32.1. The molecule has 6 nitrogen and oxygen atoms in total. The standard InChI is InChI=1S/C23H32N4O2S/c1-25(18-19-6-8-20(9-7-19)26-12-14-29-15-13-26)23(28)24-17-21(22-5-4-16-30-22)27-10-2-3-11-27/h4-9,16,21H,2-3,10-15,17-18H2,1H3,(H,24,28). The molecule has 1 aromatic carbocycles. The number of likely N-dealkylation sites (tertiary alicyclic amines) is 1. The average Bonchev–Trinajstić information content (AvgIpc) is 3.50. The fourth-order valence-electron chi connectivity index (χ4n) is 4.24. The molecule has 7 heteroatoms. The smallest absolute Gasteiger partial charge is 0.317 e. The average molecular weight is 429 g/mol. The third-order valence-electron chi connectivity index (χ3n) is 5.98. The van der Waals surface area contributed by atoms with Crippen molar-refractivity contribution in [1.82, 2.24) is 15.1 Å². The highest BCUT2D eigenvalue weighted by Gasteiger charge is 2.25. The van der Waals surface area contributed by atoms with E-state index in [1.807, 2.05) is 7.05 Å². The maximum Gasteiger partial charge on any atom is 0.317 e. The molecule has 1 atom stereocenters. The number of morpholine rings is 1. The molecule has 0 bridgehead atoms. The Balaban J connectivity index is 1.29. The van der Waals surface area contributed by atoms with E-state index in [4.69, 9.17) is 4.74 Å². The monoisotopic (exact) mass is 428 g/mol. The maximum atomic E-state index is 12.7. The molecule has 30 heavy (non-hydrogen) atoms. The van der Waals surface area contributed by atoms with Gasteiger partial charge in [0.05, 0.1) is 19.3 Å². The van der Waals surface area contributed by atoms with E-state index in [-0.39, 0.29) is 12.1 Å². The van der Waals surface area contributed by atoms with Crippen LogP contribution in [0.2, 0.25) is 0 Å². The van der Waals surface area contributed by atoms with E-state index in [0.29, 0.717) is 13.1 Å². The molecule has 2 amide bonds. The lowest BCUT2D eigenvalue weighted by Gasteiger charge is -2.29. The summed E-state index contributed by atoms with van der Waals surface area (Å²) >= 11 is 1.78. The first-order valence-electron chi connectivity index (χ1n) is 10.9. The molecule has 0 aliphatic carbocycles.